The van der Waals surface area contributed by atoms with E-state index in [0.29, 0.717) is 25.0 Å². The molecular formula is C23H30N4O. The van der Waals surface area contributed by atoms with Crippen molar-refractivity contribution in [1.82, 2.24) is 0 Å². The van der Waals surface area contributed by atoms with Crippen molar-refractivity contribution in [1.29, 1.82) is 0 Å². The van der Waals surface area contributed by atoms with E-state index in [0.717, 1.165) is 43.6 Å². The van der Waals surface area contributed by atoms with Gasteiger partial charge in [0.2, 0.25) is 0 Å². The number of nitrogens with zero attached hydrogens (tertiary/aromatic N) is 2. The average Bonchev–Trinajstić information content (AvgIpc) is 3.21. The molecule has 1 heterocycles. The summed E-state index contributed by atoms with van der Waals surface area (Å²) >= 11 is 0. The lowest BCUT2D eigenvalue weighted by molar-refractivity contribution is 0.203. The molecule has 0 atom stereocenters. The molecule has 2 aromatic rings. The molecule has 2 aliphatic rings. The number of guanidine groups is 1. The second-order valence-electron chi connectivity index (χ2n) is 7.94. The van der Waals surface area contributed by atoms with Crippen LogP contribution in [0.3, 0.4) is 0 Å². The molecule has 5 nitrogen and oxygen atoms in total. The molecule has 1 aliphatic carbocycles. The predicted molar refractivity (Wildman–Crippen MR) is 116 cm³/mol. The monoisotopic (exact) mass is 378 g/mol. The van der Waals surface area contributed by atoms with Gasteiger partial charge in [0.15, 0.2) is 5.96 Å². The van der Waals surface area contributed by atoms with Crippen LogP contribution < -0.4 is 16.0 Å². The zero-order valence-electron chi connectivity index (χ0n) is 16.4. The number of aliphatic hydroxyl groups is 1. The highest BCUT2D eigenvalue weighted by Crippen LogP contribution is 2.25. The Balaban J connectivity index is 1.31. The van der Waals surface area contributed by atoms with Crippen LogP contribution in [0.4, 0.5) is 11.4 Å². The number of fused-ring (bicyclic) bond motifs is 1. The van der Waals surface area contributed by atoms with Gasteiger partial charge in [-0.15, -0.1) is 0 Å². The summed E-state index contributed by atoms with van der Waals surface area (Å²) in [5.74, 6) is 0.916. The maximum Gasteiger partial charge on any atom is 0.193 e. The van der Waals surface area contributed by atoms with E-state index in [2.05, 4.69) is 57.7 Å². The van der Waals surface area contributed by atoms with Gasteiger partial charge in [0, 0.05) is 31.1 Å². The maximum absolute atomic E-state index is 9.28. The Labute approximate surface area is 167 Å². The predicted octanol–water partition coefficient (Wildman–Crippen LogP) is 3.31. The molecule has 0 aromatic heterocycles. The largest absolute Gasteiger partial charge is 0.396 e. The number of benzene rings is 2. The number of nitrogens with two attached hydrogens (primary N) is 1. The third-order valence-corrected chi connectivity index (χ3v) is 5.98. The van der Waals surface area contributed by atoms with Gasteiger partial charge in [-0.2, -0.15) is 0 Å². The molecule has 5 heteroatoms. The summed E-state index contributed by atoms with van der Waals surface area (Å²) in [7, 11) is 0. The Bertz CT molecular complexity index is 823. The second-order valence-corrected chi connectivity index (χ2v) is 7.94. The number of piperidine rings is 1. The summed E-state index contributed by atoms with van der Waals surface area (Å²) in [5, 5.41) is 12.5. The van der Waals surface area contributed by atoms with E-state index < -0.39 is 0 Å². The van der Waals surface area contributed by atoms with Crippen molar-refractivity contribution in [2.75, 3.05) is 29.9 Å². The molecule has 0 unspecified atom stereocenters. The fraction of sp³-hybridized carbons (Fsp3) is 0.435. The average molecular weight is 379 g/mol. The van der Waals surface area contributed by atoms with Gasteiger partial charge < -0.3 is 21.1 Å². The van der Waals surface area contributed by atoms with Gasteiger partial charge in [0.25, 0.3) is 0 Å². The second kappa shape index (κ2) is 8.65. The molecule has 0 saturated carbocycles. The molecule has 4 N–H and O–H groups in total. The van der Waals surface area contributed by atoms with E-state index in [9.17, 15) is 5.11 Å². The van der Waals surface area contributed by atoms with E-state index in [1.807, 2.05) is 0 Å². The van der Waals surface area contributed by atoms with E-state index in [1.165, 1.54) is 29.7 Å². The number of hydrogen-bond donors (Lipinski definition) is 3. The minimum atomic E-state index is 0.311. The van der Waals surface area contributed by atoms with Crippen molar-refractivity contribution in [2.24, 2.45) is 16.6 Å². The molecule has 1 fully saturated rings. The Morgan fingerprint density at radius 3 is 2.57 bits per heavy atom. The SMILES string of the molecule is NC(=NCc1ccc(N2CCC(CO)CC2)cc1)Nc1ccc2c(c1)CCC2. The van der Waals surface area contributed by atoms with Crippen LogP contribution in [0.15, 0.2) is 47.5 Å². The van der Waals surface area contributed by atoms with Crippen LogP contribution in [0, 0.1) is 5.92 Å². The highest BCUT2D eigenvalue weighted by Gasteiger charge is 2.18. The standard InChI is InChI=1S/C23H30N4O/c24-23(26-21-7-6-19-2-1-3-20(19)14-21)25-15-17-4-8-22(9-5-17)27-12-10-18(16-28)11-13-27/h4-9,14,18,28H,1-3,10-13,15-16H2,(H3,24,25,26). The summed E-state index contributed by atoms with van der Waals surface area (Å²) in [6, 6.07) is 15.0. The van der Waals surface area contributed by atoms with Gasteiger partial charge >= 0.3 is 0 Å². The zero-order chi connectivity index (χ0) is 19.3. The minimum absolute atomic E-state index is 0.311. The van der Waals surface area contributed by atoms with E-state index in [-0.39, 0.29) is 0 Å². The molecule has 148 valence electrons. The van der Waals surface area contributed by atoms with Gasteiger partial charge in [-0.25, -0.2) is 4.99 Å². The topological polar surface area (TPSA) is 73.9 Å². The molecule has 0 spiro atoms. The molecule has 0 bridgehead atoms. The minimum Gasteiger partial charge on any atom is -0.396 e. The molecule has 1 aliphatic heterocycles. The highest BCUT2D eigenvalue weighted by molar-refractivity contribution is 5.92. The zero-order valence-corrected chi connectivity index (χ0v) is 16.4. The van der Waals surface area contributed by atoms with E-state index >= 15 is 0 Å². The lowest BCUT2D eigenvalue weighted by Crippen LogP contribution is -2.34. The molecule has 2 aromatic carbocycles. The third kappa shape index (κ3) is 4.47. The van der Waals surface area contributed by atoms with Gasteiger partial charge in [-0.1, -0.05) is 18.2 Å². The first-order chi connectivity index (χ1) is 13.7. The van der Waals surface area contributed by atoms with Crippen molar-refractivity contribution in [3.05, 3.63) is 59.2 Å². The Morgan fingerprint density at radius 1 is 1.07 bits per heavy atom. The third-order valence-electron chi connectivity index (χ3n) is 5.98. The smallest absolute Gasteiger partial charge is 0.193 e. The van der Waals surface area contributed by atoms with Crippen molar-refractivity contribution >= 4 is 17.3 Å². The van der Waals surface area contributed by atoms with Crippen LogP contribution in [0.25, 0.3) is 0 Å². The van der Waals surface area contributed by atoms with Gasteiger partial charge in [-0.05, 0) is 79.0 Å². The molecule has 0 radical (unpaired) electrons. The Kier molecular flexibility index (Phi) is 5.81. The summed E-state index contributed by atoms with van der Waals surface area (Å²) in [6.07, 6.45) is 5.72. The number of hydrogen-bond acceptors (Lipinski definition) is 3. The van der Waals surface area contributed by atoms with Crippen molar-refractivity contribution in [3.63, 3.8) is 0 Å². The van der Waals surface area contributed by atoms with Gasteiger partial charge in [0.05, 0.1) is 6.54 Å². The van der Waals surface area contributed by atoms with Crippen molar-refractivity contribution in [2.45, 2.75) is 38.6 Å². The summed E-state index contributed by atoms with van der Waals surface area (Å²) in [4.78, 5) is 6.88. The van der Waals surface area contributed by atoms with Crippen LogP contribution in [0.5, 0.6) is 0 Å². The summed E-state index contributed by atoms with van der Waals surface area (Å²) in [5.41, 5.74) is 12.4. The van der Waals surface area contributed by atoms with Crippen molar-refractivity contribution in [3.8, 4) is 0 Å². The lowest BCUT2D eigenvalue weighted by Gasteiger charge is -2.32. The number of aryl methyl sites for hydroxylation is 2. The summed E-state index contributed by atoms with van der Waals surface area (Å²) < 4.78 is 0. The molecule has 28 heavy (non-hydrogen) atoms. The highest BCUT2D eigenvalue weighted by atomic mass is 16.3. The molecular weight excluding hydrogens is 348 g/mol. The van der Waals surface area contributed by atoms with E-state index in [1.54, 1.807) is 0 Å². The normalized spacial score (nSPS) is 17.6. The van der Waals surface area contributed by atoms with Gasteiger partial charge in [-0.3, -0.25) is 0 Å². The number of nitrogens with one attached hydrogen (secondary N) is 1. The summed E-state index contributed by atoms with van der Waals surface area (Å²) in [6.45, 7) is 2.91. The first-order valence-corrected chi connectivity index (χ1v) is 10.3. The fourth-order valence-electron chi connectivity index (χ4n) is 4.20. The first kappa shape index (κ1) is 18.8. The first-order valence-electron chi connectivity index (χ1n) is 10.3. The van der Waals surface area contributed by atoms with E-state index in [4.69, 9.17) is 5.73 Å². The number of aliphatic imine (C=N–C) groups is 1. The number of aliphatic hydroxyl groups excluding tert-OH is 1. The lowest BCUT2D eigenvalue weighted by atomic mass is 9.97. The van der Waals surface area contributed by atoms with Crippen LogP contribution in [0.1, 0.15) is 36.0 Å². The van der Waals surface area contributed by atoms with Crippen molar-refractivity contribution < 1.29 is 5.11 Å². The van der Waals surface area contributed by atoms with Gasteiger partial charge in [0.1, 0.15) is 0 Å². The van der Waals surface area contributed by atoms with Crippen LogP contribution in [0.2, 0.25) is 0 Å². The molecule has 0 amide bonds. The van der Waals surface area contributed by atoms with Crippen LogP contribution in [-0.2, 0) is 19.4 Å². The maximum atomic E-state index is 9.28. The van der Waals surface area contributed by atoms with Crippen LogP contribution >= 0.6 is 0 Å². The number of anilines is 2. The number of rotatable bonds is 5. The molecule has 4 rings (SSSR count). The fourth-order valence-corrected chi connectivity index (χ4v) is 4.20. The Morgan fingerprint density at radius 2 is 1.82 bits per heavy atom. The Hall–Kier alpha value is -2.53. The molecule has 1 saturated heterocycles. The quantitative estimate of drug-likeness (QED) is 0.551. The van der Waals surface area contributed by atoms with Crippen LogP contribution in [-0.4, -0.2) is 30.8 Å².